The second-order valence-electron chi connectivity index (χ2n) is 6.14. The molecule has 1 heterocycles. The fraction of sp³-hybridized carbons (Fsp3) is 1.00. The second-order valence-corrected chi connectivity index (χ2v) is 9.50. The molecule has 26 heavy (non-hydrogen) atoms. The van der Waals surface area contributed by atoms with E-state index in [4.69, 9.17) is 0 Å². The molecule has 0 aliphatic carbocycles. The minimum atomic E-state index is -5.36. The van der Waals surface area contributed by atoms with Crippen LogP contribution < -0.4 is 0 Å². The standard InChI is InChI=1S/C13H26O11S2/c1-2-6(15)11(19)12(20)13(24-26(21,22)23)8(17)5-25-4-7(16)10(18)9(25)3-14/h6-20H,2-5H2,1H3/t6-,7+,8+,9+,10-,11+,12+,13?,25?/m0/s1. The average Bonchev–Trinajstić information content (AvgIpc) is 2.82. The molecule has 9 atom stereocenters. The Morgan fingerprint density at radius 3 is 2.19 bits per heavy atom. The molecule has 13 heteroatoms. The second kappa shape index (κ2) is 9.93. The third-order valence-electron chi connectivity index (χ3n) is 4.26. The van der Waals surface area contributed by atoms with Gasteiger partial charge in [0.25, 0.3) is 0 Å². The topological polar surface area (TPSA) is 208 Å². The summed E-state index contributed by atoms with van der Waals surface area (Å²) in [7, 11) is -6.34. The Balaban J connectivity index is 2.95. The Morgan fingerprint density at radius 1 is 1.15 bits per heavy atom. The van der Waals surface area contributed by atoms with E-state index in [0.717, 1.165) is 0 Å². The van der Waals surface area contributed by atoms with Crippen molar-refractivity contribution in [3.63, 3.8) is 0 Å². The van der Waals surface area contributed by atoms with Gasteiger partial charge in [0, 0.05) is 10.9 Å². The predicted molar refractivity (Wildman–Crippen MR) is 88.9 cm³/mol. The van der Waals surface area contributed by atoms with E-state index < -0.39 is 75.9 Å². The molecule has 0 radical (unpaired) electrons. The lowest BCUT2D eigenvalue weighted by molar-refractivity contribution is -0.122. The van der Waals surface area contributed by atoms with Gasteiger partial charge in [0.15, 0.2) is 5.25 Å². The zero-order valence-corrected chi connectivity index (χ0v) is 15.7. The molecule has 1 saturated heterocycles. The van der Waals surface area contributed by atoms with E-state index in [2.05, 4.69) is 4.18 Å². The van der Waals surface area contributed by atoms with E-state index in [1.54, 1.807) is 0 Å². The largest absolute Gasteiger partial charge is 0.726 e. The Labute approximate surface area is 154 Å². The number of hydrogen-bond acceptors (Lipinski definition) is 11. The summed E-state index contributed by atoms with van der Waals surface area (Å²) in [6.07, 6.45) is -11.7. The van der Waals surface area contributed by atoms with Gasteiger partial charge in [-0.05, 0) is 6.42 Å². The van der Waals surface area contributed by atoms with Gasteiger partial charge < -0.3 is 40.3 Å². The molecule has 1 aliphatic rings. The van der Waals surface area contributed by atoms with Crippen molar-refractivity contribution in [2.75, 3.05) is 18.1 Å². The Hall–Kier alpha value is -0.0600. The fourth-order valence-corrected chi connectivity index (χ4v) is 5.95. The first-order valence-electron chi connectivity index (χ1n) is 7.92. The van der Waals surface area contributed by atoms with Crippen LogP contribution in [0.15, 0.2) is 0 Å². The Kier molecular flexibility index (Phi) is 9.16. The quantitative estimate of drug-likeness (QED) is 0.101. The van der Waals surface area contributed by atoms with Crippen LogP contribution in [0.3, 0.4) is 0 Å². The molecule has 0 spiro atoms. The van der Waals surface area contributed by atoms with E-state index in [0.29, 0.717) is 0 Å². The highest BCUT2D eigenvalue weighted by molar-refractivity contribution is 7.97. The molecule has 0 aromatic heterocycles. The van der Waals surface area contributed by atoms with Gasteiger partial charge in [0.2, 0.25) is 10.4 Å². The van der Waals surface area contributed by atoms with Crippen molar-refractivity contribution in [2.24, 2.45) is 0 Å². The van der Waals surface area contributed by atoms with Gasteiger partial charge in [-0.2, -0.15) is 0 Å². The highest BCUT2D eigenvalue weighted by Gasteiger charge is 2.51. The van der Waals surface area contributed by atoms with Crippen LogP contribution in [0.5, 0.6) is 0 Å². The van der Waals surface area contributed by atoms with Crippen LogP contribution in [0, 0.1) is 0 Å². The lowest BCUT2D eigenvalue weighted by Gasteiger charge is -2.32. The van der Waals surface area contributed by atoms with Crippen LogP contribution in [0.2, 0.25) is 0 Å². The van der Waals surface area contributed by atoms with Gasteiger partial charge in [0.1, 0.15) is 48.1 Å². The lowest BCUT2D eigenvalue weighted by atomic mass is 9.99. The van der Waals surface area contributed by atoms with Gasteiger partial charge in [0.05, 0.1) is 12.7 Å². The van der Waals surface area contributed by atoms with Gasteiger partial charge in [-0.1, -0.05) is 6.92 Å². The van der Waals surface area contributed by atoms with Crippen molar-refractivity contribution in [3.8, 4) is 0 Å². The van der Waals surface area contributed by atoms with E-state index >= 15 is 0 Å². The summed E-state index contributed by atoms with van der Waals surface area (Å²) in [6, 6.07) is 0. The van der Waals surface area contributed by atoms with Crippen LogP contribution in [0.1, 0.15) is 13.3 Å². The van der Waals surface area contributed by atoms with Crippen LogP contribution >= 0.6 is 0 Å². The Morgan fingerprint density at radius 2 is 1.73 bits per heavy atom. The fourth-order valence-electron chi connectivity index (χ4n) is 2.75. The van der Waals surface area contributed by atoms with Crippen LogP contribution in [-0.2, 0) is 25.5 Å². The molecule has 1 rings (SSSR count). The van der Waals surface area contributed by atoms with Crippen LogP contribution in [-0.4, -0.2) is 115 Å². The van der Waals surface area contributed by atoms with E-state index in [9.17, 15) is 48.7 Å². The monoisotopic (exact) mass is 422 g/mol. The summed E-state index contributed by atoms with van der Waals surface area (Å²) in [5, 5.41) is 67.8. The molecule has 7 N–H and O–H groups in total. The minimum Gasteiger partial charge on any atom is -0.726 e. The first kappa shape index (κ1) is 24.0. The molecule has 1 fully saturated rings. The summed E-state index contributed by atoms with van der Waals surface area (Å²) in [4.78, 5) is 0. The van der Waals surface area contributed by atoms with Crippen molar-refractivity contribution < 1.29 is 52.9 Å². The number of aliphatic hydroxyl groups excluding tert-OH is 7. The molecule has 11 nitrogen and oxygen atoms in total. The molecule has 0 bridgehead atoms. The molecule has 0 amide bonds. The van der Waals surface area contributed by atoms with Gasteiger partial charge >= 0.3 is 0 Å². The molecular weight excluding hydrogens is 396 g/mol. The maximum absolute atomic E-state index is 10.9. The maximum atomic E-state index is 10.9. The molecular formula is C13H26O11S2. The third kappa shape index (κ3) is 6.24. The molecule has 0 aromatic rings. The Bertz CT molecular complexity index is 530. The average molecular weight is 422 g/mol. The summed E-state index contributed by atoms with van der Waals surface area (Å²) in [5.74, 6) is -0.304. The predicted octanol–water partition coefficient (Wildman–Crippen LogP) is -4.60. The lowest BCUT2D eigenvalue weighted by Crippen LogP contribution is -2.53. The molecule has 1 aliphatic heterocycles. The van der Waals surface area contributed by atoms with Crippen molar-refractivity contribution >= 4 is 21.3 Å². The van der Waals surface area contributed by atoms with Crippen molar-refractivity contribution in [3.05, 3.63) is 0 Å². The number of rotatable bonds is 10. The van der Waals surface area contributed by atoms with Gasteiger partial charge in [-0.3, -0.25) is 4.18 Å². The van der Waals surface area contributed by atoms with Gasteiger partial charge in [-0.15, -0.1) is 0 Å². The molecule has 0 saturated carbocycles. The van der Waals surface area contributed by atoms with Crippen LogP contribution in [0.25, 0.3) is 0 Å². The van der Waals surface area contributed by atoms with Crippen LogP contribution in [0.4, 0.5) is 0 Å². The highest BCUT2D eigenvalue weighted by Crippen LogP contribution is 2.26. The smallest absolute Gasteiger partial charge is 0.218 e. The van der Waals surface area contributed by atoms with Crippen molar-refractivity contribution in [1.82, 2.24) is 0 Å². The molecule has 156 valence electrons. The van der Waals surface area contributed by atoms with E-state index in [-0.39, 0.29) is 17.9 Å². The SMILES string of the molecule is CC[C@H](O)[C@@H](O)[C@@H](O)C(OS(=O)(=O)[O-])[C@H](O)C[S+]1C[C@@H](O)[C@H](O)[C@H]1CO. The zero-order chi connectivity index (χ0) is 20.2. The molecule has 0 aromatic carbocycles. The minimum absolute atomic E-state index is 0.000509. The highest BCUT2D eigenvalue weighted by atomic mass is 32.3. The number of aliphatic hydroxyl groups is 7. The first-order chi connectivity index (χ1) is 11.9. The third-order valence-corrected chi connectivity index (χ3v) is 7.54. The summed E-state index contributed by atoms with van der Waals surface area (Å²) >= 11 is 0. The zero-order valence-electron chi connectivity index (χ0n) is 14.0. The van der Waals surface area contributed by atoms with E-state index in [1.165, 1.54) is 6.92 Å². The van der Waals surface area contributed by atoms with Gasteiger partial charge in [-0.25, -0.2) is 8.42 Å². The number of hydrogen-bond donors (Lipinski definition) is 7. The normalized spacial score (nSPS) is 32.8. The maximum Gasteiger partial charge on any atom is 0.218 e. The van der Waals surface area contributed by atoms with Crippen molar-refractivity contribution in [2.45, 2.75) is 61.3 Å². The summed E-state index contributed by atoms with van der Waals surface area (Å²) < 4.78 is 36.9. The first-order valence-corrected chi connectivity index (χ1v) is 10.9. The summed E-state index contributed by atoms with van der Waals surface area (Å²) in [5.41, 5.74) is 0. The summed E-state index contributed by atoms with van der Waals surface area (Å²) in [6.45, 7) is 0.977. The van der Waals surface area contributed by atoms with Crippen molar-refractivity contribution in [1.29, 1.82) is 0 Å². The van der Waals surface area contributed by atoms with E-state index in [1.807, 2.05) is 0 Å². The molecule has 2 unspecified atom stereocenters.